The van der Waals surface area contributed by atoms with E-state index in [2.05, 4.69) is 0 Å². The van der Waals surface area contributed by atoms with E-state index in [9.17, 15) is 24.3 Å². The molecule has 1 saturated carbocycles. The molecule has 0 bridgehead atoms. The number of ketones is 2. The highest BCUT2D eigenvalue weighted by Gasteiger charge is 2.60. The molecule has 2 aromatic rings. The summed E-state index contributed by atoms with van der Waals surface area (Å²) in [5.41, 5.74) is 0.430. The van der Waals surface area contributed by atoms with Gasteiger partial charge in [-0.05, 0) is 77.3 Å². The van der Waals surface area contributed by atoms with Gasteiger partial charge in [0.05, 0.1) is 28.7 Å². The average molecular weight is 591 g/mol. The first-order chi connectivity index (χ1) is 16.4. The van der Waals surface area contributed by atoms with Gasteiger partial charge in [-0.15, -0.1) is 0 Å². The number of carbonyl (C=O) groups is 2. The van der Waals surface area contributed by atoms with Crippen molar-refractivity contribution in [2.45, 2.75) is 45.7 Å². The van der Waals surface area contributed by atoms with Crippen molar-refractivity contribution in [3.8, 4) is 11.5 Å². The van der Waals surface area contributed by atoms with Gasteiger partial charge in [0.1, 0.15) is 0 Å². The van der Waals surface area contributed by atoms with Gasteiger partial charge >= 0.3 is 11.4 Å². The zero-order chi connectivity index (χ0) is 25.6. The van der Waals surface area contributed by atoms with E-state index in [0.717, 1.165) is 10.1 Å². The molecule has 0 amide bonds. The van der Waals surface area contributed by atoms with Crippen LogP contribution in [0.15, 0.2) is 44.5 Å². The molecule has 9 nitrogen and oxygen atoms in total. The summed E-state index contributed by atoms with van der Waals surface area (Å²) in [6.07, 6.45) is 2.14. The number of ether oxygens (including phenoxy) is 1. The van der Waals surface area contributed by atoms with E-state index in [-0.39, 0.29) is 36.0 Å². The number of fused-ring (bicyclic) bond motifs is 4. The van der Waals surface area contributed by atoms with E-state index < -0.39 is 34.7 Å². The number of allylic oxidation sites excluding steroid dienone is 4. The lowest BCUT2D eigenvalue weighted by atomic mass is 9.50. The maximum Gasteiger partial charge on any atom is 0.347 e. The molecule has 1 N–H and O–H groups in total. The number of Topliss-reactive ketones (excluding diaryl/α,β-unsaturated/α-hetero) is 2. The highest BCUT2D eigenvalue weighted by Crippen LogP contribution is 2.61. The van der Waals surface area contributed by atoms with Crippen LogP contribution in [0.3, 0.4) is 0 Å². The highest BCUT2D eigenvalue weighted by atomic mass is 127. The van der Waals surface area contributed by atoms with Crippen LogP contribution in [0.5, 0.6) is 11.5 Å². The highest BCUT2D eigenvalue weighted by molar-refractivity contribution is 14.1. The third-order valence-corrected chi connectivity index (χ3v) is 9.05. The Morgan fingerprint density at radius 1 is 1.11 bits per heavy atom. The standard InChI is InChI=1S/C25H26IN3O6/c1-11-12(2)22(32)25(3)15(20(11)30)10-17-14(6-7-28-23(33)27(4)24(34)29(17)28)19(25)13-8-16(26)21(31)18(9-13)35-5/h6,8-9,15,17,19,31H,7,10H2,1-5H3/t15-,17+,19-,25+/m0/s1. The van der Waals surface area contributed by atoms with Crippen LogP contribution >= 0.6 is 22.6 Å². The van der Waals surface area contributed by atoms with Crippen LogP contribution in [0.1, 0.15) is 44.7 Å². The minimum absolute atomic E-state index is 0.00498. The van der Waals surface area contributed by atoms with Gasteiger partial charge in [0, 0.05) is 18.9 Å². The number of rotatable bonds is 2. The lowest BCUT2D eigenvalue weighted by Gasteiger charge is -2.53. The Morgan fingerprint density at radius 2 is 1.80 bits per heavy atom. The Balaban J connectivity index is 1.83. The molecule has 0 unspecified atom stereocenters. The summed E-state index contributed by atoms with van der Waals surface area (Å²) < 4.78 is 9.84. The fourth-order valence-electron chi connectivity index (χ4n) is 6.25. The van der Waals surface area contributed by atoms with Crippen LogP contribution in [0, 0.1) is 14.9 Å². The van der Waals surface area contributed by atoms with Gasteiger partial charge < -0.3 is 9.84 Å². The van der Waals surface area contributed by atoms with Gasteiger partial charge in [0.15, 0.2) is 23.1 Å². The van der Waals surface area contributed by atoms with Gasteiger partial charge in [0.25, 0.3) is 0 Å². The van der Waals surface area contributed by atoms with Crippen LogP contribution in [-0.2, 0) is 23.2 Å². The normalized spacial score (nSPS) is 27.8. The molecule has 184 valence electrons. The number of nitrogens with zero attached hydrogens (tertiary/aromatic N) is 3. The predicted octanol–water partition coefficient (Wildman–Crippen LogP) is 2.45. The van der Waals surface area contributed by atoms with Crippen molar-refractivity contribution in [3.05, 3.63) is 65.0 Å². The maximum absolute atomic E-state index is 13.9. The van der Waals surface area contributed by atoms with E-state index in [1.807, 2.05) is 35.6 Å². The van der Waals surface area contributed by atoms with Crippen molar-refractivity contribution in [3.63, 3.8) is 0 Å². The summed E-state index contributed by atoms with van der Waals surface area (Å²) >= 11 is 2.01. The number of aromatic nitrogens is 3. The van der Waals surface area contributed by atoms with E-state index in [0.29, 0.717) is 20.3 Å². The molecule has 5 rings (SSSR count). The molecule has 1 aromatic carbocycles. The first kappa shape index (κ1) is 23.8. The van der Waals surface area contributed by atoms with Crippen molar-refractivity contribution >= 4 is 34.2 Å². The first-order valence-corrected chi connectivity index (χ1v) is 12.4. The third kappa shape index (κ3) is 2.98. The Kier molecular flexibility index (Phi) is 5.32. The minimum Gasteiger partial charge on any atom is -0.504 e. The first-order valence-electron chi connectivity index (χ1n) is 11.4. The van der Waals surface area contributed by atoms with Crippen LogP contribution in [-0.4, -0.2) is 37.7 Å². The number of aromatic hydroxyl groups is 1. The lowest BCUT2D eigenvalue weighted by molar-refractivity contribution is -0.140. The van der Waals surface area contributed by atoms with Crippen molar-refractivity contribution < 1.29 is 19.4 Å². The molecule has 1 fully saturated rings. The second-order valence-electron chi connectivity index (χ2n) is 9.77. The molecule has 10 heteroatoms. The number of methoxy groups -OCH3 is 1. The second kappa shape index (κ2) is 7.81. The lowest BCUT2D eigenvalue weighted by Crippen LogP contribution is -2.55. The molecule has 3 aliphatic rings. The molecule has 1 aliphatic heterocycles. The van der Waals surface area contributed by atoms with Crippen LogP contribution in [0.2, 0.25) is 0 Å². The second-order valence-corrected chi connectivity index (χ2v) is 10.9. The Hall–Kier alpha value is -2.89. The maximum atomic E-state index is 13.9. The largest absolute Gasteiger partial charge is 0.504 e. The van der Waals surface area contributed by atoms with E-state index >= 15 is 0 Å². The minimum atomic E-state index is -1.10. The summed E-state index contributed by atoms with van der Waals surface area (Å²) in [7, 11) is 2.89. The van der Waals surface area contributed by atoms with E-state index in [4.69, 9.17) is 4.74 Å². The van der Waals surface area contributed by atoms with Crippen molar-refractivity contribution in [1.29, 1.82) is 0 Å². The van der Waals surface area contributed by atoms with Crippen LogP contribution < -0.4 is 16.1 Å². The summed E-state index contributed by atoms with van der Waals surface area (Å²) in [4.78, 5) is 53.3. The van der Waals surface area contributed by atoms with Gasteiger partial charge in [-0.25, -0.2) is 23.5 Å². The molecule has 2 aliphatic carbocycles. The molecule has 0 radical (unpaired) electrons. The Morgan fingerprint density at radius 3 is 2.46 bits per heavy atom. The number of phenols is 1. The summed E-state index contributed by atoms with van der Waals surface area (Å²) in [5, 5.41) is 10.5. The fourth-order valence-corrected chi connectivity index (χ4v) is 6.87. The molecular weight excluding hydrogens is 565 g/mol. The van der Waals surface area contributed by atoms with E-state index in [1.165, 1.54) is 23.5 Å². The number of halogens is 1. The van der Waals surface area contributed by atoms with Gasteiger partial charge in [0.2, 0.25) is 0 Å². The number of phenolic OH excluding ortho intramolecular Hbond substituents is 1. The van der Waals surface area contributed by atoms with Crippen molar-refractivity contribution in [2.24, 2.45) is 18.4 Å². The summed E-state index contributed by atoms with van der Waals surface area (Å²) in [6.45, 7) is 5.38. The smallest absolute Gasteiger partial charge is 0.347 e. The molecule has 2 heterocycles. The SMILES string of the molecule is COc1cc([C@H]2C3=CCn4c(=O)n(C)c(=O)n4[C@@H]3C[C@H]3C(=O)C(C)=C(C)C(=O)[C@@]23C)cc(I)c1O. The van der Waals surface area contributed by atoms with Crippen LogP contribution in [0.25, 0.3) is 0 Å². The van der Waals surface area contributed by atoms with Crippen LogP contribution in [0.4, 0.5) is 0 Å². The van der Waals surface area contributed by atoms with E-state index in [1.54, 1.807) is 26.0 Å². The molecule has 0 spiro atoms. The predicted molar refractivity (Wildman–Crippen MR) is 136 cm³/mol. The van der Waals surface area contributed by atoms with Gasteiger partial charge in [-0.1, -0.05) is 13.0 Å². The third-order valence-electron chi connectivity index (χ3n) is 8.23. The van der Waals surface area contributed by atoms with Gasteiger partial charge in [-0.3, -0.25) is 9.59 Å². The molecule has 35 heavy (non-hydrogen) atoms. The summed E-state index contributed by atoms with van der Waals surface area (Å²) in [6, 6.07) is 2.93. The topological polar surface area (TPSA) is 113 Å². The molecule has 0 saturated heterocycles. The van der Waals surface area contributed by atoms with Crippen molar-refractivity contribution in [2.75, 3.05) is 7.11 Å². The average Bonchev–Trinajstić information content (AvgIpc) is 3.06. The molecule has 1 aromatic heterocycles. The fraction of sp³-hybridized carbons (Fsp3) is 0.440. The number of benzene rings is 1. The summed E-state index contributed by atoms with van der Waals surface area (Å²) in [5.74, 6) is -1.21. The quantitative estimate of drug-likeness (QED) is 0.425. The molecule has 4 atom stereocenters. The molecular formula is C25H26IN3O6. The number of hydrogen-bond acceptors (Lipinski definition) is 6. The Bertz CT molecular complexity index is 1510. The van der Waals surface area contributed by atoms with Crippen molar-refractivity contribution in [1.82, 2.24) is 13.9 Å². The monoisotopic (exact) mass is 591 g/mol. The van der Waals surface area contributed by atoms with Gasteiger partial charge in [-0.2, -0.15) is 0 Å². The zero-order valence-electron chi connectivity index (χ0n) is 20.1. The number of carbonyl (C=O) groups excluding carboxylic acids is 2. The zero-order valence-corrected chi connectivity index (χ0v) is 22.2. The number of hydrogen-bond donors (Lipinski definition) is 1. The Labute approximate surface area is 214 Å².